The number of piperidine rings is 1. The molecule has 10 heteroatoms. The summed E-state index contributed by atoms with van der Waals surface area (Å²) in [5.74, 6) is 1.79. The monoisotopic (exact) mass is 470 g/mol. The van der Waals surface area contributed by atoms with Gasteiger partial charge in [0.25, 0.3) is 0 Å². The molecule has 8 nitrogen and oxygen atoms in total. The summed E-state index contributed by atoms with van der Waals surface area (Å²) in [4.78, 5) is 29.9. The van der Waals surface area contributed by atoms with Crippen molar-refractivity contribution >= 4 is 37.4 Å². The first-order valence-corrected chi connectivity index (χ1v) is 13.0. The van der Waals surface area contributed by atoms with E-state index in [4.69, 9.17) is 24.3 Å². The molecule has 0 bridgehead atoms. The SMILES string of the molecule is CBc1cc(C)c(-n2cc(C)c3c(N4CCC(COP(=O)(O)O)CC4)nc(C)nc32)c(C)c1. The van der Waals surface area contributed by atoms with Gasteiger partial charge in [0.15, 0.2) is 12.9 Å². The third-order valence-corrected chi connectivity index (χ3v) is 7.01. The molecular formula is C23H32BN4O4P. The summed E-state index contributed by atoms with van der Waals surface area (Å²) in [6.45, 7) is 12.1. The van der Waals surface area contributed by atoms with E-state index >= 15 is 0 Å². The zero-order valence-corrected chi connectivity index (χ0v) is 20.9. The Kier molecular flexibility index (Phi) is 6.69. The summed E-state index contributed by atoms with van der Waals surface area (Å²) >= 11 is 0. The van der Waals surface area contributed by atoms with E-state index in [2.05, 4.69) is 55.4 Å². The second-order valence-corrected chi connectivity index (χ2v) is 10.4. The van der Waals surface area contributed by atoms with Gasteiger partial charge >= 0.3 is 7.82 Å². The van der Waals surface area contributed by atoms with Gasteiger partial charge in [0.1, 0.15) is 11.6 Å². The molecule has 1 fully saturated rings. The van der Waals surface area contributed by atoms with Crippen molar-refractivity contribution in [2.24, 2.45) is 5.92 Å². The van der Waals surface area contributed by atoms with Crippen molar-refractivity contribution in [3.8, 4) is 5.69 Å². The van der Waals surface area contributed by atoms with Gasteiger partial charge in [-0.05, 0) is 63.1 Å². The van der Waals surface area contributed by atoms with E-state index < -0.39 is 7.82 Å². The number of phosphoric ester groups is 1. The van der Waals surface area contributed by atoms with E-state index in [1.54, 1.807) is 0 Å². The summed E-state index contributed by atoms with van der Waals surface area (Å²) in [6, 6.07) is 4.51. The van der Waals surface area contributed by atoms with E-state index in [0.29, 0.717) is 0 Å². The molecule has 3 heterocycles. The first kappa shape index (κ1) is 24.0. The van der Waals surface area contributed by atoms with E-state index in [0.717, 1.165) is 61.4 Å². The van der Waals surface area contributed by atoms with Gasteiger partial charge in [0, 0.05) is 19.3 Å². The minimum absolute atomic E-state index is 0.0814. The Balaban J connectivity index is 1.69. The van der Waals surface area contributed by atoms with Gasteiger partial charge in [-0.3, -0.25) is 4.52 Å². The molecule has 1 saturated heterocycles. The Labute approximate surface area is 195 Å². The summed E-state index contributed by atoms with van der Waals surface area (Å²) in [7, 11) is -3.42. The van der Waals surface area contributed by atoms with Crippen molar-refractivity contribution < 1.29 is 18.9 Å². The van der Waals surface area contributed by atoms with Crippen molar-refractivity contribution in [3.05, 3.63) is 40.8 Å². The molecule has 0 radical (unpaired) electrons. The Morgan fingerprint density at radius 1 is 1.09 bits per heavy atom. The second kappa shape index (κ2) is 9.22. The van der Waals surface area contributed by atoms with Crippen LogP contribution in [-0.2, 0) is 9.09 Å². The maximum absolute atomic E-state index is 11.0. The van der Waals surface area contributed by atoms with Crippen molar-refractivity contribution in [2.45, 2.75) is 47.4 Å². The first-order chi connectivity index (χ1) is 15.6. The van der Waals surface area contributed by atoms with Gasteiger partial charge in [-0.1, -0.05) is 24.4 Å². The van der Waals surface area contributed by atoms with Crippen LogP contribution in [0.4, 0.5) is 5.82 Å². The van der Waals surface area contributed by atoms with Crippen LogP contribution in [0.5, 0.6) is 0 Å². The maximum atomic E-state index is 11.0. The van der Waals surface area contributed by atoms with E-state index in [1.165, 1.54) is 22.3 Å². The summed E-state index contributed by atoms with van der Waals surface area (Å²) in [5.41, 5.74) is 7.00. The average Bonchev–Trinajstić information content (AvgIpc) is 3.06. The fourth-order valence-electron chi connectivity index (χ4n) is 4.93. The number of hydrogen-bond acceptors (Lipinski definition) is 5. The minimum atomic E-state index is -4.43. The van der Waals surface area contributed by atoms with Crippen LogP contribution >= 0.6 is 7.82 Å². The molecule has 176 valence electrons. The molecule has 0 saturated carbocycles. The highest BCUT2D eigenvalue weighted by Crippen LogP contribution is 2.38. The smallest absolute Gasteiger partial charge is 0.356 e. The zero-order valence-electron chi connectivity index (χ0n) is 20.0. The minimum Gasteiger partial charge on any atom is -0.356 e. The van der Waals surface area contributed by atoms with Crippen LogP contribution < -0.4 is 10.4 Å². The van der Waals surface area contributed by atoms with Crippen LogP contribution in [0.2, 0.25) is 6.82 Å². The third kappa shape index (κ3) is 5.02. The molecular weight excluding hydrogens is 438 g/mol. The lowest BCUT2D eigenvalue weighted by Crippen LogP contribution is -2.35. The lowest BCUT2D eigenvalue weighted by Gasteiger charge is -2.33. The topological polar surface area (TPSA) is 101 Å². The van der Waals surface area contributed by atoms with Crippen LogP contribution in [-0.4, -0.2) is 51.3 Å². The number of aromatic nitrogens is 3. The van der Waals surface area contributed by atoms with Crippen molar-refractivity contribution in [1.82, 2.24) is 14.5 Å². The number of anilines is 1. The molecule has 3 aromatic rings. The lowest BCUT2D eigenvalue weighted by molar-refractivity contribution is 0.156. The van der Waals surface area contributed by atoms with Crippen molar-refractivity contribution in [3.63, 3.8) is 0 Å². The molecule has 0 unspecified atom stereocenters. The number of nitrogens with zero attached hydrogens (tertiary/aromatic N) is 4. The molecule has 1 aromatic carbocycles. The van der Waals surface area contributed by atoms with Crippen molar-refractivity contribution in [1.29, 1.82) is 0 Å². The number of phosphoric acid groups is 1. The van der Waals surface area contributed by atoms with E-state index in [1.807, 2.05) is 6.92 Å². The summed E-state index contributed by atoms with van der Waals surface area (Å²) in [6.07, 6.45) is 3.74. The lowest BCUT2D eigenvalue weighted by atomic mass is 9.72. The highest BCUT2D eigenvalue weighted by Gasteiger charge is 2.26. The molecule has 0 atom stereocenters. The largest absolute Gasteiger partial charge is 0.469 e. The normalized spacial score (nSPS) is 15.4. The molecule has 0 spiro atoms. The molecule has 0 aliphatic carbocycles. The second-order valence-electron chi connectivity index (χ2n) is 9.12. The fourth-order valence-corrected chi connectivity index (χ4v) is 5.34. The van der Waals surface area contributed by atoms with Crippen LogP contribution in [0.15, 0.2) is 18.3 Å². The average molecular weight is 470 g/mol. The molecule has 2 aromatic heterocycles. The highest BCUT2D eigenvalue weighted by molar-refractivity contribution is 7.46. The third-order valence-electron chi connectivity index (χ3n) is 6.52. The molecule has 0 amide bonds. The first-order valence-electron chi connectivity index (χ1n) is 11.5. The predicted molar refractivity (Wildman–Crippen MR) is 133 cm³/mol. The van der Waals surface area contributed by atoms with Gasteiger partial charge in [0.05, 0.1) is 17.7 Å². The number of benzene rings is 1. The Bertz CT molecular complexity index is 1210. The van der Waals surface area contributed by atoms with Crippen LogP contribution in [0.25, 0.3) is 16.7 Å². The zero-order chi connectivity index (χ0) is 23.9. The predicted octanol–water partition coefficient (Wildman–Crippen LogP) is 3.09. The Morgan fingerprint density at radius 3 is 2.30 bits per heavy atom. The fraction of sp³-hybridized carbons (Fsp3) is 0.478. The Morgan fingerprint density at radius 2 is 1.73 bits per heavy atom. The quantitative estimate of drug-likeness (QED) is 0.422. The number of fused-ring (bicyclic) bond motifs is 1. The highest BCUT2D eigenvalue weighted by atomic mass is 31.2. The summed E-state index contributed by atoms with van der Waals surface area (Å²) < 4.78 is 18.0. The molecule has 1 aliphatic rings. The number of hydrogen-bond donors (Lipinski definition) is 2. The van der Waals surface area contributed by atoms with Gasteiger partial charge in [0.2, 0.25) is 0 Å². The molecule has 4 rings (SSSR count). The summed E-state index contributed by atoms with van der Waals surface area (Å²) in [5, 5.41) is 1.06. The molecule has 1 aliphatic heterocycles. The van der Waals surface area contributed by atoms with Crippen LogP contribution in [0.1, 0.15) is 35.4 Å². The van der Waals surface area contributed by atoms with Crippen LogP contribution in [0, 0.1) is 33.6 Å². The number of rotatable bonds is 6. The van der Waals surface area contributed by atoms with Crippen molar-refractivity contribution in [2.75, 3.05) is 24.6 Å². The van der Waals surface area contributed by atoms with E-state index in [9.17, 15) is 4.57 Å². The molecule has 2 N–H and O–H groups in total. The van der Waals surface area contributed by atoms with Gasteiger partial charge in [-0.2, -0.15) is 0 Å². The van der Waals surface area contributed by atoms with Crippen LogP contribution in [0.3, 0.4) is 0 Å². The maximum Gasteiger partial charge on any atom is 0.469 e. The standard InChI is InChI=1S/C23H32BN4O4P/c1-14-10-19(24-5)11-15(2)21(14)28-12-16(3)20-22(25-17(4)26-23(20)28)27-8-6-18(7-9-27)13-32-33(29,30)31/h10-12,18,24H,6-9,13H2,1-5H3,(H2,29,30,31). The van der Waals surface area contributed by atoms with E-state index in [-0.39, 0.29) is 12.5 Å². The van der Waals surface area contributed by atoms with Gasteiger partial charge in [-0.15, -0.1) is 0 Å². The molecule has 33 heavy (non-hydrogen) atoms. The van der Waals surface area contributed by atoms with Gasteiger partial charge in [-0.25, -0.2) is 14.5 Å². The number of aryl methyl sites for hydroxylation is 4. The van der Waals surface area contributed by atoms with Gasteiger partial charge < -0.3 is 19.3 Å². The Hall–Kier alpha value is -2.19.